The van der Waals surface area contributed by atoms with Gasteiger partial charge in [0.2, 0.25) is 0 Å². The fraction of sp³-hybridized carbons (Fsp3) is 0.857. The van der Waals surface area contributed by atoms with Crippen LogP contribution in [0.2, 0.25) is 0 Å². The lowest BCUT2D eigenvalue weighted by atomic mass is 9.43. The molecule has 4 heteroatoms. The fourth-order valence-corrected chi connectivity index (χ4v) is 2.47. The van der Waals surface area contributed by atoms with Crippen molar-refractivity contribution in [1.82, 2.24) is 20.6 Å². The van der Waals surface area contributed by atoms with Crippen molar-refractivity contribution in [1.29, 1.82) is 0 Å². The number of tetrazole rings is 1. The molecule has 0 atom stereocenters. The van der Waals surface area contributed by atoms with Crippen LogP contribution in [0.5, 0.6) is 0 Å². The molecule has 58 valence electrons. The van der Waals surface area contributed by atoms with Crippen molar-refractivity contribution in [3.05, 3.63) is 5.82 Å². The Bertz CT molecular complexity index is 249. The molecule has 0 amide bonds. The summed E-state index contributed by atoms with van der Waals surface area (Å²) < 4.78 is 0. The third kappa shape index (κ3) is 0.667. The van der Waals surface area contributed by atoms with Gasteiger partial charge in [0.05, 0.1) is 0 Å². The van der Waals surface area contributed by atoms with E-state index in [1.807, 2.05) is 0 Å². The summed E-state index contributed by atoms with van der Waals surface area (Å²) in [6.45, 7) is 0. The van der Waals surface area contributed by atoms with Crippen LogP contribution in [-0.4, -0.2) is 20.6 Å². The number of aromatic amines is 1. The van der Waals surface area contributed by atoms with E-state index in [1.54, 1.807) is 0 Å². The minimum atomic E-state index is 0.606. The lowest BCUT2D eigenvalue weighted by Crippen LogP contribution is -2.53. The van der Waals surface area contributed by atoms with Crippen molar-refractivity contribution >= 4 is 0 Å². The second-order valence-corrected chi connectivity index (χ2v) is 3.98. The van der Waals surface area contributed by atoms with Gasteiger partial charge in [-0.25, -0.2) is 0 Å². The Morgan fingerprint density at radius 3 is 2.73 bits per heavy atom. The number of hydrogen-bond acceptors (Lipinski definition) is 3. The molecule has 0 spiro atoms. The topological polar surface area (TPSA) is 54.5 Å². The van der Waals surface area contributed by atoms with Crippen LogP contribution in [0.25, 0.3) is 0 Å². The standard InChI is InChI=1S/C7H10N4/c1-5-2-7(1,3-5)4-6-8-10-11-9-6/h5H,1-4H2,(H,8,9,10,11). The Labute approximate surface area is 64.4 Å². The average Bonchev–Trinajstić information content (AvgIpc) is 2.26. The highest BCUT2D eigenvalue weighted by atomic mass is 15.5. The highest BCUT2D eigenvalue weighted by molar-refractivity contribution is 5.10. The lowest BCUT2D eigenvalue weighted by molar-refractivity contribution is -0.106. The van der Waals surface area contributed by atoms with E-state index in [-0.39, 0.29) is 0 Å². The lowest BCUT2D eigenvalue weighted by Gasteiger charge is -2.61. The molecule has 4 nitrogen and oxygen atoms in total. The van der Waals surface area contributed by atoms with Crippen LogP contribution < -0.4 is 0 Å². The van der Waals surface area contributed by atoms with E-state index in [4.69, 9.17) is 0 Å². The Kier molecular flexibility index (Phi) is 0.840. The molecule has 0 radical (unpaired) electrons. The molecule has 3 aliphatic carbocycles. The van der Waals surface area contributed by atoms with Crippen molar-refractivity contribution in [3.63, 3.8) is 0 Å². The molecular weight excluding hydrogens is 140 g/mol. The molecular formula is C7H10N4. The summed E-state index contributed by atoms with van der Waals surface area (Å²) in [6, 6.07) is 0. The van der Waals surface area contributed by atoms with Crippen molar-refractivity contribution in [3.8, 4) is 0 Å². The minimum Gasteiger partial charge on any atom is -0.177 e. The molecule has 3 aliphatic rings. The van der Waals surface area contributed by atoms with Crippen molar-refractivity contribution in [2.24, 2.45) is 11.3 Å². The third-order valence-corrected chi connectivity index (χ3v) is 3.09. The maximum atomic E-state index is 3.96. The van der Waals surface area contributed by atoms with E-state index in [2.05, 4.69) is 20.6 Å². The smallest absolute Gasteiger partial charge is 0.175 e. The van der Waals surface area contributed by atoms with E-state index in [1.165, 1.54) is 19.3 Å². The van der Waals surface area contributed by atoms with Gasteiger partial charge in [-0.3, -0.25) is 0 Å². The zero-order chi connectivity index (χ0) is 7.31. The average molecular weight is 150 g/mol. The van der Waals surface area contributed by atoms with Gasteiger partial charge in [-0.05, 0) is 30.6 Å². The molecule has 0 aliphatic heterocycles. The summed E-state index contributed by atoms with van der Waals surface area (Å²) in [6.07, 6.45) is 5.25. The normalized spacial score (nSPS) is 39.5. The number of aromatic nitrogens is 4. The highest BCUT2D eigenvalue weighted by Gasteiger charge is 2.56. The molecule has 3 fully saturated rings. The fourth-order valence-electron chi connectivity index (χ4n) is 2.47. The summed E-state index contributed by atoms with van der Waals surface area (Å²) in [7, 11) is 0. The molecule has 4 rings (SSSR count). The summed E-state index contributed by atoms with van der Waals surface area (Å²) >= 11 is 0. The van der Waals surface area contributed by atoms with Crippen LogP contribution in [0.3, 0.4) is 0 Å². The molecule has 3 saturated carbocycles. The van der Waals surface area contributed by atoms with E-state index in [0.717, 1.165) is 18.2 Å². The Balaban J connectivity index is 1.75. The minimum absolute atomic E-state index is 0.606. The SMILES string of the molecule is C(c1nn[nH]n1)C12CC(C1)C2. The van der Waals surface area contributed by atoms with E-state index in [0.29, 0.717) is 5.41 Å². The summed E-state index contributed by atoms with van der Waals surface area (Å²) in [5.74, 6) is 1.94. The van der Waals surface area contributed by atoms with Gasteiger partial charge in [0, 0.05) is 6.42 Å². The van der Waals surface area contributed by atoms with Gasteiger partial charge < -0.3 is 0 Å². The largest absolute Gasteiger partial charge is 0.177 e. The molecule has 2 bridgehead atoms. The van der Waals surface area contributed by atoms with Gasteiger partial charge >= 0.3 is 0 Å². The van der Waals surface area contributed by atoms with Gasteiger partial charge in [-0.2, -0.15) is 5.21 Å². The van der Waals surface area contributed by atoms with Crippen LogP contribution in [0.1, 0.15) is 25.1 Å². The monoisotopic (exact) mass is 150 g/mol. The first-order valence-electron chi connectivity index (χ1n) is 4.09. The van der Waals surface area contributed by atoms with Gasteiger partial charge in [0.15, 0.2) is 5.82 Å². The maximum absolute atomic E-state index is 3.96. The van der Waals surface area contributed by atoms with Gasteiger partial charge in [-0.15, -0.1) is 10.2 Å². The van der Waals surface area contributed by atoms with Crippen molar-refractivity contribution in [2.45, 2.75) is 25.7 Å². The Morgan fingerprint density at radius 2 is 2.27 bits per heavy atom. The molecule has 1 N–H and O–H groups in total. The van der Waals surface area contributed by atoms with Crippen LogP contribution in [0, 0.1) is 11.3 Å². The zero-order valence-corrected chi connectivity index (χ0v) is 6.25. The number of rotatable bonds is 2. The van der Waals surface area contributed by atoms with Crippen molar-refractivity contribution in [2.75, 3.05) is 0 Å². The number of nitrogens with zero attached hydrogens (tertiary/aromatic N) is 3. The zero-order valence-electron chi connectivity index (χ0n) is 6.25. The quantitative estimate of drug-likeness (QED) is 0.669. The Hall–Kier alpha value is -0.930. The molecule has 0 aromatic carbocycles. The molecule has 11 heavy (non-hydrogen) atoms. The first-order valence-corrected chi connectivity index (χ1v) is 4.09. The summed E-state index contributed by atoms with van der Waals surface area (Å²) in [5, 5.41) is 14.0. The van der Waals surface area contributed by atoms with Gasteiger partial charge in [0.25, 0.3) is 0 Å². The van der Waals surface area contributed by atoms with E-state index in [9.17, 15) is 0 Å². The second-order valence-electron chi connectivity index (χ2n) is 3.98. The van der Waals surface area contributed by atoms with E-state index < -0.39 is 0 Å². The first-order chi connectivity index (χ1) is 5.36. The Morgan fingerprint density at radius 1 is 1.45 bits per heavy atom. The van der Waals surface area contributed by atoms with Crippen LogP contribution in [0.15, 0.2) is 0 Å². The maximum Gasteiger partial charge on any atom is 0.175 e. The third-order valence-electron chi connectivity index (χ3n) is 3.09. The number of H-pyrrole nitrogens is 1. The molecule has 1 heterocycles. The van der Waals surface area contributed by atoms with E-state index >= 15 is 0 Å². The number of hydrogen-bond donors (Lipinski definition) is 1. The van der Waals surface area contributed by atoms with Gasteiger partial charge in [-0.1, -0.05) is 5.21 Å². The highest BCUT2D eigenvalue weighted by Crippen LogP contribution is 2.65. The van der Waals surface area contributed by atoms with Crippen LogP contribution in [0.4, 0.5) is 0 Å². The predicted molar refractivity (Wildman–Crippen MR) is 37.7 cm³/mol. The molecule has 0 saturated heterocycles. The number of nitrogens with one attached hydrogen (secondary N) is 1. The van der Waals surface area contributed by atoms with Crippen molar-refractivity contribution < 1.29 is 0 Å². The second kappa shape index (κ2) is 1.62. The van der Waals surface area contributed by atoms with Crippen LogP contribution >= 0.6 is 0 Å². The molecule has 1 aromatic heterocycles. The molecule has 1 aromatic rings. The van der Waals surface area contributed by atoms with Crippen LogP contribution in [-0.2, 0) is 6.42 Å². The van der Waals surface area contributed by atoms with Gasteiger partial charge in [0.1, 0.15) is 0 Å². The predicted octanol–water partition coefficient (Wildman–Crippen LogP) is 0.542. The summed E-state index contributed by atoms with van der Waals surface area (Å²) in [5.41, 5.74) is 0.606. The first kappa shape index (κ1) is 5.69. The summed E-state index contributed by atoms with van der Waals surface area (Å²) in [4.78, 5) is 0. The molecule has 0 unspecified atom stereocenters.